The van der Waals surface area contributed by atoms with Gasteiger partial charge in [0.2, 0.25) is 0 Å². The minimum atomic E-state index is 0.586. The van der Waals surface area contributed by atoms with E-state index in [0.717, 1.165) is 31.9 Å². The van der Waals surface area contributed by atoms with Crippen LogP contribution in [0.3, 0.4) is 0 Å². The molecule has 0 saturated carbocycles. The highest BCUT2D eigenvalue weighted by Crippen LogP contribution is 2.21. The molecule has 0 spiro atoms. The monoisotopic (exact) mass is 151 g/mol. The summed E-state index contributed by atoms with van der Waals surface area (Å²) in [6, 6.07) is 0. The summed E-state index contributed by atoms with van der Waals surface area (Å²) < 4.78 is 5.55. The number of allylic oxidation sites excluding steroid dienone is 3. The topological polar surface area (TPSA) is 21.3 Å². The van der Waals surface area contributed by atoms with Crippen molar-refractivity contribution >= 4 is 0 Å². The zero-order chi connectivity index (χ0) is 7.52. The van der Waals surface area contributed by atoms with Gasteiger partial charge in [-0.2, -0.15) is 0 Å². The van der Waals surface area contributed by atoms with Crippen LogP contribution in [0.25, 0.3) is 0 Å². The fraction of sp³-hybridized carbons (Fsp3) is 0.556. The molecule has 1 fully saturated rings. The van der Waals surface area contributed by atoms with Crippen molar-refractivity contribution in [3.05, 3.63) is 24.0 Å². The van der Waals surface area contributed by atoms with Gasteiger partial charge in [0.25, 0.3) is 0 Å². The Bertz CT molecular complexity index is 196. The van der Waals surface area contributed by atoms with Gasteiger partial charge < -0.3 is 10.1 Å². The lowest BCUT2D eigenvalue weighted by molar-refractivity contribution is 0.201. The first-order valence-electron chi connectivity index (χ1n) is 4.17. The smallest absolute Gasteiger partial charge is 0.101 e. The molecule has 1 saturated heterocycles. The third kappa shape index (κ3) is 1.46. The fourth-order valence-electron chi connectivity index (χ4n) is 1.53. The highest BCUT2D eigenvalue weighted by Gasteiger charge is 2.18. The Morgan fingerprint density at radius 2 is 2.55 bits per heavy atom. The summed E-state index contributed by atoms with van der Waals surface area (Å²) in [5, 5.41) is 3.35. The normalized spacial score (nSPS) is 29.8. The van der Waals surface area contributed by atoms with Gasteiger partial charge in [0, 0.05) is 19.0 Å². The van der Waals surface area contributed by atoms with Crippen LogP contribution in [0.5, 0.6) is 0 Å². The largest absolute Gasteiger partial charge is 0.496 e. The maximum atomic E-state index is 5.55. The summed E-state index contributed by atoms with van der Waals surface area (Å²) in [7, 11) is 0. The van der Waals surface area contributed by atoms with Crippen molar-refractivity contribution in [1.82, 2.24) is 5.32 Å². The molecule has 2 heteroatoms. The standard InChI is InChI=1S/C9H13NO/c1-2-4-9-8(3-1)7-10-5-6-11-9/h1-2,4,8,10H,3,5-7H2. The Kier molecular flexibility index (Phi) is 1.95. The molecule has 2 aliphatic rings. The number of ether oxygens (including phenoxy) is 1. The molecule has 0 radical (unpaired) electrons. The minimum absolute atomic E-state index is 0.586. The molecule has 0 aromatic carbocycles. The zero-order valence-corrected chi connectivity index (χ0v) is 6.55. The van der Waals surface area contributed by atoms with E-state index in [2.05, 4.69) is 23.5 Å². The van der Waals surface area contributed by atoms with Gasteiger partial charge >= 0.3 is 0 Å². The first-order valence-corrected chi connectivity index (χ1v) is 4.17. The van der Waals surface area contributed by atoms with E-state index in [0.29, 0.717) is 5.92 Å². The summed E-state index contributed by atoms with van der Waals surface area (Å²) in [4.78, 5) is 0. The fourth-order valence-corrected chi connectivity index (χ4v) is 1.53. The first kappa shape index (κ1) is 6.92. The Balaban J connectivity index is 2.11. The number of nitrogens with one attached hydrogen (secondary N) is 1. The second-order valence-corrected chi connectivity index (χ2v) is 2.98. The number of rotatable bonds is 0. The molecule has 0 aromatic rings. The lowest BCUT2D eigenvalue weighted by Crippen LogP contribution is -2.22. The zero-order valence-electron chi connectivity index (χ0n) is 6.55. The van der Waals surface area contributed by atoms with Gasteiger partial charge in [0.1, 0.15) is 12.4 Å². The van der Waals surface area contributed by atoms with Crippen LogP contribution < -0.4 is 5.32 Å². The third-order valence-corrected chi connectivity index (χ3v) is 2.16. The van der Waals surface area contributed by atoms with Gasteiger partial charge in [-0.25, -0.2) is 0 Å². The summed E-state index contributed by atoms with van der Waals surface area (Å²) in [6.07, 6.45) is 7.49. The molecule has 2 nitrogen and oxygen atoms in total. The van der Waals surface area contributed by atoms with E-state index >= 15 is 0 Å². The van der Waals surface area contributed by atoms with Crippen LogP contribution >= 0.6 is 0 Å². The summed E-state index contributed by atoms with van der Waals surface area (Å²) in [6.45, 7) is 2.86. The summed E-state index contributed by atoms with van der Waals surface area (Å²) in [5.74, 6) is 1.75. The quantitative estimate of drug-likeness (QED) is 0.559. The molecule has 1 heterocycles. The van der Waals surface area contributed by atoms with Crippen LogP contribution in [0.1, 0.15) is 6.42 Å². The second kappa shape index (κ2) is 3.09. The van der Waals surface area contributed by atoms with Crippen molar-refractivity contribution in [2.24, 2.45) is 5.92 Å². The van der Waals surface area contributed by atoms with Crippen molar-refractivity contribution in [1.29, 1.82) is 0 Å². The molecule has 1 N–H and O–H groups in total. The van der Waals surface area contributed by atoms with Gasteiger partial charge in [0.15, 0.2) is 0 Å². The first-order chi connectivity index (χ1) is 5.47. The molecule has 60 valence electrons. The third-order valence-electron chi connectivity index (χ3n) is 2.16. The molecule has 2 rings (SSSR count). The van der Waals surface area contributed by atoms with Crippen LogP contribution in [0, 0.1) is 5.92 Å². The summed E-state index contributed by atoms with van der Waals surface area (Å²) >= 11 is 0. The Morgan fingerprint density at radius 3 is 3.55 bits per heavy atom. The minimum Gasteiger partial charge on any atom is -0.496 e. The van der Waals surface area contributed by atoms with E-state index in [4.69, 9.17) is 4.74 Å². The second-order valence-electron chi connectivity index (χ2n) is 2.98. The molecule has 0 aromatic heterocycles. The molecule has 1 aliphatic heterocycles. The van der Waals surface area contributed by atoms with Crippen molar-refractivity contribution < 1.29 is 4.74 Å². The predicted molar refractivity (Wildman–Crippen MR) is 44.2 cm³/mol. The van der Waals surface area contributed by atoms with Crippen molar-refractivity contribution in [3.63, 3.8) is 0 Å². The SMILES string of the molecule is C1=CCC2CNCCOC2=C1. The van der Waals surface area contributed by atoms with E-state index in [1.165, 1.54) is 0 Å². The van der Waals surface area contributed by atoms with E-state index in [1.54, 1.807) is 0 Å². The maximum Gasteiger partial charge on any atom is 0.101 e. The Labute approximate surface area is 66.9 Å². The van der Waals surface area contributed by atoms with Crippen LogP contribution in [0.15, 0.2) is 24.0 Å². The number of hydrogen-bond donors (Lipinski definition) is 1. The molecular weight excluding hydrogens is 138 g/mol. The van der Waals surface area contributed by atoms with Crippen molar-refractivity contribution in [3.8, 4) is 0 Å². The lowest BCUT2D eigenvalue weighted by atomic mass is 9.99. The van der Waals surface area contributed by atoms with E-state index < -0.39 is 0 Å². The summed E-state index contributed by atoms with van der Waals surface area (Å²) in [5.41, 5.74) is 0. The van der Waals surface area contributed by atoms with Gasteiger partial charge in [0.05, 0.1) is 0 Å². The molecular formula is C9H13NO. The molecule has 1 aliphatic carbocycles. The van der Waals surface area contributed by atoms with Gasteiger partial charge in [-0.3, -0.25) is 0 Å². The molecule has 11 heavy (non-hydrogen) atoms. The van der Waals surface area contributed by atoms with E-state index in [1.807, 2.05) is 0 Å². The van der Waals surface area contributed by atoms with Gasteiger partial charge in [-0.15, -0.1) is 0 Å². The van der Waals surface area contributed by atoms with Crippen LogP contribution in [0.2, 0.25) is 0 Å². The molecule has 0 amide bonds. The van der Waals surface area contributed by atoms with Crippen molar-refractivity contribution in [2.75, 3.05) is 19.7 Å². The van der Waals surface area contributed by atoms with Crippen LogP contribution in [0.4, 0.5) is 0 Å². The highest BCUT2D eigenvalue weighted by atomic mass is 16.5. The Morgan fingerprint density at radius 1 is 1.55 bits per heavy atom. The predicted octanol–water partition coefficient (Wildman–Crippen LogP) is 1.07. The van der Waals surface area contributed by atoms with Gasteiger partial charge in [-0.05, 0) is 12.5 Å². The maximum absolute atomic E-state index is 5.55. The molecule has 1 unspecified atom stereocenters. The lowest BCUT2D eigenvalue weighted by Gasteiger charge is -2.17. The van der Waals surface area contributed by atoms with Crippen LogP contribution in [-0.2, 0) is 4.74 Å². The van der Waals surface area contributed by atoms with E-state index in [9.17, 15) is 0 Å². The number of hydrogen-bond acceptors (Lipinski definition) is 2. The van der Waals surface area contributed by atoms with Crippen molar-refractivity contribution in [2.45, 2.75) is 6.42 Å². The van der Waals surface area contributed by atoms with E-state index in [-0.39, 0.29) is 0 Å². The Hall–Kier alpha value is -0.760. The highest BCUT2D eigenvalue weighted by molar-refractivity contribution is 5.17. The molecule has 0 bridgehead atoms. The average Bonchev–Trinajstić information content (AvgIpc) is 2.28. The number of fused-ring (bicyclic) bond motifs is 1. The molecule has 1 atom stereocenters. The van der Waals surface area contributed by atoms with Crippen LogP contribution in [-0.4, -0.2) is 19.7 Å². The average molecular weight is 151 g/mol. The van der Waals surface area contributed by atoms with Gasteiger partial charge in [-0.1, -0.05) is 12.2 Å².